The molecule has 1 saturated carbocycles. The molecule has 128 valence electrons. The van der Waals surface area contributed by atoms with Gasteiger partial charge in [-0.05, 0) is 19.8 Å². The van der Waals surface area contributed by atoms with Gasteiger partial charge in [-0.1, -0.05) is 49.6 Å². The molecule has 0 saturated heterocycles. The van der Waals surface area contributed by atoms with E-state index in [0.717, 1.165) is 28.8 Å². The van der Waals surface area contributed by atoms with Gasteiger partial charge in [0.15, 0.2) is 5.96 Å². The maximum absolute atomic E-state index is 4.73. The zero-order valence-corrected chi connectivity index (χ0v) is 15.1. The van der Waals surface area contributed by atoms with E-state index in [4.69, 9.17) is 9.98 Å². The summed E-state index contributed by atoms with van der Waals surface area (Å²) in [5.41, 5.74) is 2.20. The van der Waals surface area contributed by atoms with Gasteiger partial charge in [-0.2, -0.15) is 0 Å². The van der Waals surface area contributed by atoms with Crippen LogP contribution in [0.15, 0.2) is 40.7 Å². The Hall–Kier alpha value is -1.88. The van der Waals surface area contributed by atoms with Gasteiger partial charge in [0, 0.05) is 23.5 Å². The second-order valence-electron chi connectivity index (χ2n) is 6.17. The molecule has 5 heteroatoms. The summed E-state index contributed by atoms with van der Waals surface area (Å²) >= 11 is 1.68. The molecular weight excluding hydrogens is 316 g/mol. The lowest BCUT2D eigenvalue weighted by Gasteiger charge is -2.24. The van der Waals surface area contributed by atoms with Gasteiger partial charge in [0.1, 0.15) is 5.01 Å². The summed E-state index contributed by atoms with van der Waals surface area (Å²) in [4.78, 5) is 9.44. The maximum Gasteiger partial charge on any atom is 0.191 e. The van der Waals surface area contributed by atoms with Crippen LogP contribution in [0.5, 0.6) is 0 Å². The van der Waals surface area contributed by atoms with Gasteiger partial charge in [0.2, 0.25) is 0 Å². The van der Waals surface area contributed by atoms with Gasteiger partial charge in [0.25, 0.3) is 0 Å². The molecule has 1 aliphatic carbocycles. The largest absolute Gasteiger partial charge is 0.357 e. The molecule has 2 N–H and O–H groups in total. The first-order chi connectivity index (χ1) is 11.8. The van der Waals surface area contributed by atoms with Crippen molar-refractivity contribution in [2.75, 3.05) is 6.54 Å². The number of hydrogen-bond acceptors (Lipinski definition) is 3. The highest BCUT2D eigenvalue weighted by Crippen LogP contribution is 2.22. The second-order valence-corrected chi connectivity index (χ2v) is 7.11. The number of nitrogens with zero attached hydrogens (tertiary/aromatic N) is 2. The molecule has 0 radical (unpaired) electrons. The zero-order valence-electron chi connectivity index (χ0n) is 14.3. The number of guanidine groups is 1. The number of rotatable bonds is 5. The van der Waals surface area contributed by atoms with Crippen LogP contribution in [0.2, 0.25) is 0 Å². The van der Waals surface area contributed by atoms with E-state index in [2.05, 4.69) is 35.1 Å². The maximum atomic E-state index is 4.73. The fraction of sp³-hybridized carbons (Fsp3) is 0.474. The predicted molar refractivity (Wildman–Crippen MR) is 102 cm³/mol. The molecule has 0 spiro atoms. The Balaban J connectivity index is 1.62. The van der Waals surface area contributed by atoms with Crippen LogP contribution < -0.4 is 10.6 Å². The van der Waals surface area contributed by atoms with Crippen LogP contribution in [0.4, 0.5) is 0 Å². The van der Waals surface area contributed by atoms with Crippen LogP contribution in [0.25, 0.3) is 11.3 Å². The van der Waals surface area contributed by atoms with Crippen molar-refractivity contribution in [3.63, 3.8) is 0 Å². The van der Waals surface area contributed by atoms with Crippen molar-refractivity contribution < 1.29 is 0 Å². The Bertz CT molecular complexity index is 644. The SMILES string of the molecule is CCNC(=NCc1nc(-c2ccccc2)cs1)NC1CCCCC1. The predicted octanol–water partition coefficient (Wildman–Crippen LogP) is 4.20. The second kappa shape index (κ2) is 8.83. The summed E-state index contributed by atoms with van der Waals surface area (Å²) in [6.45, 7) is 3.61. The molecule has 2 aromatic rings. The van der Waals surface area contributed by atoms with Crippen LogP contribution in [-0.4, -0.2) is 23.5 Å². The summed E-state index contributed by atoms with van der Waals surface area (Å²) in [6.07, 6.45) is 6.51. The van der Waals surface area contributed by atoms with E-state index in [1.165, 1.54) is 32.1 Å². The standard InChI is InChI=1S/C19H26N4S/c1-2-20-19(22-16-11-7-4-8-12-16)21-13-18-23-17(14-24-18)15-9-5-3-6-10-15/h3,5-6,9-10,14,16H,2,4,7-8,11-13H2,1H3,(H2,20,21,22). The summed E-state index contributed by atoms with van der Waals surface area (Å²) in [5.74, 6) is 0.917. The lowest BCUT2D eigenvalue weighted by atomic mass is 9.96. The quantitative estimate of drug-likeness (QED) is 0.632. The Morgan fingerprint density at radius 3 is 2.75 bits per heavy atom. The van der Waals surface area contributed by atoms with E-state index in [-0.39, 0.29) is 0 Å². The Kier molecular flexibility index (Phi) is 6.24. The molecule has 1 fully saturated rings. The first kappa shape index (κ1) is 17.0. The normalized spacial score (nSPS) is 16.1. The zero-order chi connectivity index (χ0) is 16.6. The minimum absolute atomic E-state index is 0.563. The summed E-state index contributed by atoms with van der Waals surface area (Å²) in [7, 11) is 0. The van der Waals surface area contributed by atoms with Crippen molar-refractivity contribution in [3.05, 3.63) is 40.7 Å². The van der Waals surface area contributed by atoms with Gasteiger partial charge in [-0.25, -0.2) is 9.98 Å². The fourth-order valence-electron chi connectivity index (χ4n) is 3.03. The number of aliphatic imine (C=N–C) groups is 1. The summed E-state index contributed by atoms with van der Waals surface area (Å²) in [5, 5.41) is 10.1. The molecule has 0 atom stereocenters. The van der Waals surface area contributed by atoms with Gasteiger partial charge < -0.3 is 10.6 Å². The third kappa shape index (κ3) is 4.81. The molecule has 24 heavy (non-hydrogen) atoms. The molecule has 4 nitrogen and oxygen atoms in total. The van der Waals surface area contributed by atoms with Crippen LogP contribution in [0.3, 0.4) is 0 Å². The minimum Gasteiger partial charge on any atom is -0.357 e. The third-order valence-electron chi connectivity index (χ3n) is 4.28. The average Bonchev–Trinajstić information content (AvgIpc) is 3.11. The topological polar surface area (TPSA) is 49.3 Å². The Morgan fingerprint density at radius 1 is 1.21 bits per heavy atom. The van der Waals surface area contributed by atoms with E-state index in [9.17, 15) is 0 Å². The number of aromatic nitrogens is 1. The van der Waals surface area contributed by atoms with E-state index in [1.807, 2.05) is 18.2 Å². The molecule has 0 amide bonds. The summed E-state index contributed by atoms with van der Waals surface area (Å²) in [6, 6.07) is 10.9. The number of nitrogens with one attached hydrogen (secondary N) is 2. The van der Waals surface area contributed by atoms with Gasteiger partial charge >= 0.3 is 0 Å². The molecule has 0 aliphatic heterocycles. The third-order valence-corrected chi connectivity index (χ3v) is 5.12. The highest BCUT2D eigenvalue weighted by Gasteiger charge is 2.14. The molecule has 0 bridgehead atoms. The minimum atomic E-state index is 0.563. The Morgan fingerprint density at radius 2 is 2.00 bits per heavy atom. The van der Waals surface area contributed by atoms with Crippen molar-refractivity contribution >= 4 is 17.3 Å². The van der Waals surface area contributed by atoms with Crippen molar-refractivity contribution in [2.45, 2.75) is 51.6 Å². The lowest BCUT2D eigenvalue weighted by Crippen LogP contribution is -2.44. The van der Waals surface area contributed by atoms with Crippen molar-refractivity contribution in [1.82, 2.24) is 15.6 Å². The van der Waals surface area contributed by atoms with E-state index in [0.29, 0.717) is 12.6 Å². The highest BCUT2D eigenvalue weighted by atomic mass is 32.1. The molecule has 3 rings (SSSR count). The molecule has 1 heterocycles. The molecule has 1 aromatic carbocycles. The van der Waals surface area contributed by atoms with Crippen molar-refractivity contribution in [2.24, 2.45) is 4.99 Å². The van der Waals surface area contributed by atoms with Crippen molar-refractivity contribution in [1.29, 1.82) is 0 Å². The first-order valence-corrected chi connectivity index (χ1v) is 9.78. The average molecular weight is 343 g/mol. The van der Waals surface area contributed by atoms with Crippen LogP contribution in [0, 0.1) is 0 Å². The molecular formula is C19H26N4S. The van der Waals surface area contributed by atoms with Gasteiger partial charge in [-0.3, -0.25) is 0 Å². The molecule has 1 aliphatic rings. The van der Waals surface area contributed by atoms with Crippen molar-refractivity contribution in [3.8, 4) is 11.3 Å². The van der Waals surface area contributed by atoms with E-state index < -0.39 is 0 Å². The highest BCUT2D eigenvalue weighted by molar-refractivity contribution is 7.09. The van der Waals surface area contributed by atoms with Gasteiger partial charge in [0.05, 0.1) is 12.2 Å². The lowest BCUT2D eigenvalue weighted by molar-refractivity contribution is 0.410. The Labute approximate surface area is 148 Å². The van der Waals surface area contributed by atoms with Crippen LogP contribution in [-0.2, 0) is 6.54 Å². The van der Waals surface area contributed by atoms with E-state index >= 15 is 0 Å². The number of benzene rings is 1. The van der Waals surface area contributed by atoms with Crippen LogP contribution >= 0.6 is 11.3 Å². The van der Waals surface area contributed by atoms with Crippen LogP contribution in [0.1, 0.15) is 44.0 Å². The summed E-state index contributed by atoms with van der Waals surface area (Å²) < 4.78 is 0. The number of hydrogen-bond donors (Lipinski definition) is 2. The smallest absolute Gasteiger partial charge is 0.191 e. The van der Waals surface area contributed by atoms with E-state index in [1.54, 1.807) is 11.3 Å². The number of thiazole rings is 1. The van der Waals surface area contributed by atoms with Gasteiger partial charge in [-0.15, -0.1) is 11.3 Å². The monoisotopic (exact) mass is 342 g/mol. The molecule has 1 aromatic heterocycles. The first-order valence-electron chi connectivity index (χ1n) is 8.90. The molecule has 0 unspecified atom stereocenters. The fourth-order valence-corrected chi connectivity index (χ4v) is 3.76.